The minimum atomic E-state index is -0.849. The molecule has 0 atom stereocenters. The van der Waals surface area contributed by atoms with Crippen molar-refractivity contribution in [2.45, 2.75) is 11.3 Å². The second-order valence-corrected chi connectivity index (χ2v) is 2.64. The molecule has 0 heterocycles. The van der Waals surface area contributed by atoms with Gasteiger partial charge in [-0.1, -0.05) is 24.3 Å². The number of allylic oxidation sites excluding steroid dienone is 4. The molecule has 0 bridgehead atoms. The summed E-state index contributed by atoms with van der Waals surface area (Å²) in [7, 11) is 0. The van der Waals surface area contributed by atoms with Crippen LogP contribution in [0.2, 0.25) is 0 Å². The van der Waals surface area contributed by atoms with E-state index in [4.69, 9.17) is 11.6 Å². The third-order valence-electron chi connectivity index (χ3n) is 1.20. The molecule has 0 saturated heterocycles. The van der Waals surface area contributed by atoms with E-state index in [1.54, 1.807) is 12.2 Å². The Kier molecular flexibility index (Phi) is 1.72. The first-order valence-corrected chi connectivity index (χ1v) is 3.15. The molecule has 0 aliphatic heterocycles. The van der Waals surface area contributed by atoms with Gasteiger partial charge in [0.25, 0.3) is 0 Å². The standard InChI is InChI=1S/C7H7ClO/c8-7(6-9)4-2-1-3-5-7/h2-6H,1H2. The van der Waals surface area contributed by atoms with Crippen LogP contribution in [0.3, 0.4) is 0 Å². The highest BCUT2D eigenvalue weighted by Crippen LogP contribution is 2.19. The first kappa shape index (κ1) is 6.56. The van der Waals surface area contributed by atoms with Gasteiger partial charge in [-0.3, -0.25) is 0 Å². The fourth-order valence-corrected chi connectivity index (χ4v) is 0.888. The summed E-state index contributed by atoms with van der Waals surface area (Å²) in [5.74, 6) is 0. The molecule has 1 aliphatic rings. The summed E-state index contributed by atoms with van der Waals surface area (Å²) in [6.45, 7) is 0. The van der Waals surface area contributed by atoms with Crippen LogP contribution in [0.25, 0.3) is 0 Å². The highest BCUT2D eigenvalue weighted by Gasteiger charge is 2.19. The Bertz CT molecular complexity index is 158. The zero-order chi connectivity index (χ0) is 6.74. The van der Waals surface area contributed by atoms with E-state index in [1.165, 1.54) is 0 Å². The third kappa shape index (κ3) is 1.42. The highest BCUT2D eigenvalue weighted by atomic mass is 35.5. The second-order valence-electron chi connectivity index (χ2n) is 1.99. The quantitative estimate of drug-likeness (QED) is 0.309. The number of carbonyl (C=O) groups excluding carboxylic acids is 1. The van der Waals surface area contributed by atoms with Crippen molar-refractivity contribution >= 4 is 17.9 Å². The van der Waals surface area contributed by atoms with Gasteiger partial charge in [0.15, 0.2) is 0 Å². The van der Waals surface area contributed by atoms with Crippen LogP contribution in [0.15, 0.2) is 24.3 Å². The summed E-state index contributed by atoms with van der Waals surface area (Å²) < 4.78 is 0. The highest BCUT2D eigenvalue weighted by molar-refractivity contribution is 6.34. The van der Waals surface area contributed by atoms with Crippen LogP contribution >= 0.6 is 11.6 Å². The first-order valence-electron chi connectivity index (χ1n) is 2.77. The van der Waals surface area contributed by atoms with E-state index in [0.29, 0.717) is 0 Å². The van der Waals surface area contributed by atoms with Gasteiger partial charge in [-0.05, 0) is 6.42 Å². The van der Waals surface area contributed by atoms with Crippen LogP contribution in [-0.4, -0.2) is 11.2 Å². The predicted molar refractivity (Wildman–Crippen MR) is 37.5 cm³/mol. The van der Waals surface area contributed by atoms with Crippen molar-refractivity contribution < 1.29 is 4.79 Å². The van der Waals surface area contributed by atoms with E-state index in [1.807, 2.05) is 12.2 Å². The molecule has 0 fully saturated rings. The van der Waals surface area contributed by atoms with Crippen molar-refractivity contribution in [2.75, 3.05) is 0 Å². The Morgan fingerprint density at radius 1 is 1.44 bits per heavy atom. The molecule has 0 amide bonds. The third-order valence-corrected chi connectivity index (χ3v) is 1.54. The molecule has 48 valence electrons. The largest absolute Gasteiger partial charge is 0.301 e. The molecule has 2 heteroatoms. The summed E-state index contributed by atoms with van der Waals surface area (Å²) in [6.07, 6.45) is 8.74. The molecular weight excluding hydrogens is 136 g/mol. The SMILES string of the molecule is O=CC1(Cl)C=CCC=C1. The molecule has 0 radical (unpaired) electrons. The molecule has 1 nitrogen and oxygen atoms in total. The van der Waals surface area contributed by atoms with Crippen molar-refractivity contribution in [1.82, 2.24) is 0 Å². The summed E-state index contributed by atoms with van der Waals surface area (Å²) >= 11 is 5.72. The van der Waals surface area contributed by atoms with Crippen LogP contribution in [0, 0.1) is 0 Å². The molecule has 0 aromatic rings. The van der Waals surface area contributed by atoms with Gasteiger partial charge in [0.1, 0.15) is 11.2 Å². The van der Waals surface area contributed by atoms with Gasteiger partial charge < -0.3 is 4.79 Å². The van der Waals surface area contributed by atoms with Gasteiger partial charge in [-0.2, -0.15) is 0 Å². The van der Waals surface area contributed by atoms with Crippen molar-refractivity contribution in [3.63, 3.8) is 0 Å². The lowest BCUT2D eigenvalue weighted by Gasteiger charge is -2.11. The maximum Gasteiger partial charge on any atom is 0.148 e. The van der Waals surface area contributed by atoms with Gasteiger partial charge in [0, 0.05) is 0 Å². The Morgan fingerprint density at radius 2 is 2.00 bits per heavy atom. The van der Waals surface area contributed by atoms with Gasteiger partial charge in [-0.25, -0.2) is 0 Å². The molecule has 1 rings (SSSR count). The summed E-state index contributed by atoms with van der Waals surface area (Å²) in [6, 6.07) is 0. The van der Waals surface area contributed by atoms with Gasteiger partial charge in [-0.15, -0.1) is 11.6 Å². The molecule has 0 N–H and O–H groups in total. The van der Waals surface area contributed by atoms with Crippen molar-refractivity contribution in [1.29, 1.82) is 0 Å². The summed E-state index contributed by atoms with van der Waals surface area (Å²) in [5, 5.41) is 0. The monoisotopic (exact) mass is 142 g/mol. The fraction of sp³-hybridized carbons (Fsp3) is 0.286. The molecule has 0 spiro atoms. The Morgan fingerprint density at radius 3 is 2.33 bits per heavy atom. The molecule has 9 heavy (non-hydrogen) atoms. The van der Waals surface area contributed by atoms with Gasteiger partial charge >= 0.3 is 0 Å². The average molecular weight is 143 g/mol. The summed E-state index contributed by atoms with van der Waals surface area (Å²) in [4.78, 5) is 9.40. The Hall–Kier alpha value is -0.560. The topological polar surface area (TPSA) is 17.1 Å². The maximum absolute atomic E-state index is 10.2. The molecule has 0 saturated carbocycles. The average Bonchev–Trinajstić information content (AvgIpc) is 1.90. The van der Waals surface area contributed by atoms with E-state index < -0.39 is 4.87 Å². The number of rotatable bonds is 1. The minimum absolute atomic E-state index is 0.723. The Labute approximate surface area is 59.0 Å². The van der Waals surface area contributed by atoms with E-state index in [9.17, 15) is 4.79 Å². The van der Waals surface area contributed by atoms with E-state index in [-0.39, 0.29) is 0 Å². The molecular formula is C7H7ClO. The molecule has 1 aliphatic carbocycles. The lowest BCUT2D eigenvalue weighted by atomic mass is 10.0. The van der Waals surface area contributed by atoms with Crippen molar-refractivity contribution in [3.8, 4) is 0 Å². The number of carbonyl (C=O) groups is 1. The number of aldehydes is 1. The predicted octanol–water partition coefficient (Wildman–Crippen LogP) is 1.68. The van der Waals surface area contributed by atoms with Gasteiger partial charge in [0.05, 0.1) is 0 Å². The molecule has 0 aromatic heterocycles. The van der Waals surface area contributed by atoms with Crippen molar-refractivity contribution in [2.24, 2.45) is 0 Å². The maximum atomic E-state index is 10.2. The number of hydrogen-bond acceptors (Lipinski definition) is 1. The second kappa shape index (κ2) is 2.36. The summed E-state index contributed by atoms with van der Waals surface area (Å²) in [5.41, 5.74) is 0. The zero-order valence-corrected chi connectivity index (χ0v) is 5.64. The smallest absolute Gasteiger partial charge is 0.148 e. The zero-order valence-electron chi connectivity index (χ0n) is 4.88. The van der Waals surface area contributed by atoms with Crippen LogP contribution in [0.5, 0.6) is 0 Å². The lowest BCUT2D eigenvalue weighted by Crippen LogP contribution is -2.17. The molecule has 0 unspecified atom stereocenters. The van der Waals surface area contributed by atoms with Gasteiger partial charge in [0.2, 0.25) is 0 Å². The lowest BCUT2D eigenvalue weighted by molar-refractivity contribution is -0.108. The van der Waals surface area contributed by atoms with E-state index in [0.717, 1.165) is 12.7 Å². The molecule has 0 aromatic carbocycles. The van der Waals surface area contributed by atoms with E-state index >= 15 is 0 Å². The fourth-order valence-electron chi connectivity index (χ4n) is 0.710. The number of halogens is 1. The van der Waals surface area contributed by atoms with E-state index in [2.05, 4.69) is 0 Å². The van der Waals surface area contributed by atoms with Crippen LogP contribution in [0.1, 0.15) is 6.42 Å². The number of hydrogen-bond donors (Lipinski definition) is 0. The van der Waals surface area contributed by atoms with Crippen LogP contribution in [0.4, 0.5) is 0 Å². The minimum Gasteiger partial charge on any atom is -0.301 e. The first-order chi connectivity index (χ1) is 4.27. The van der Waals surface area contributed by atoms with Crippen LogP contribution in [-0.2, 0) is 4.79 Å². The van der Waals surface area contributed by atoms with Crippen LogP contribution < -0.4 is 0 Å². The van der Waals surface area contributed by atoms with Crippen molar-refractivity contribution in [3.05, 3.63) is 24.3 Å². The number of alkyl halides is 1. The Balaban J connectivity index is 2.78. The normalized spacial score (nSPS) is 21.9.